The van der Waals surface area contributed by atoms with Gasteiger partial charge in [-0.05, 0) is 18.6 Å². The Morgan fingerprint density at radius 3 is 2.54 bits per heavy atom. The number of hydrogen-bond acceptors (Lipinski definition) is 4. The summed E-state index contributed by atoms with van der Waals surface area (Å²) in [7, 11) is 0. The van der Waals surface area contributed by atoms with Gasteiger partial charge in [-0.15, -0.1) is 0 Å². The number of nitrogens with zero attached hydrogens (tertiary/aromatic N) is 2. The number of morpholine rings is 1. The van der Waals surface area contributed by atoms with Gasteiger partial charge in [-0.1, -0.05) is 29.8 Å². The Labute approximate surface area is 153 Å². The van der Waals surface area contributed by atoms with Crippen molar-refractivity contribution in [1.29, 1.82) is 0 Å². The molecule has 1 amide bonds. The van der Waals surface area contributed by atoms with Gasteiger partial charge in [-0.2, -0.15) is 0 Å². The molecule has 0 radical (unpaired) electrons. The predicted molar refractivity (Wildman–Crippen MR) is 100 cm³/mol. The third-order valence-electron chi connectivity index (χ3n) is 4.58. The molecular weight excluding hydrogens is 330 g/mol. The minimum absolute atomic E-state index is 0.0895. The quantitative estimate of drug-likeness (QED) is 0.851. The third kappa shape index (κ3) is 5.03. The summed E-state index contributed by atoms with van der Waals surface area (Å²) in [5.74, 6) is -0.175. The predicted octanol–water partition coefficient (Wildman–Crippen LogP) is 1.42. The standard InChI is InChI=1S/C20H25N3O3/c1-16-2-4-17(5-3-16)14-21-20(25)18-6-7-19(24)23(15-18)9-8-22-10-12-26-13-11-22/h2-7,15H,8-14H2,1H3,(H,21,25). The fourth-order valence-corrected chi connectivity index (χ4v) is 2.90. The minimum atomic E-state index is -0.175. The van der Waals surface area contributed by atoms with E-state index in [2.05, 4.69) is 10.2 Å². The second-order valence-electron chi connectivity index (χ2n) is 6.57. The van der Waals surface area contributed by atoms with E-state index in [1.165, 1.54) is 11.6 Å². The average Bonchev–Trinajstić information content (AvgIpc) is 2.67. The highest BCUT2D eigenvalue weighted by molar-refractivity contribution is 5.93. The van der Waals surface area contributed by atoms with Gasteiger partial charge in [0.2, 0.25) is 0 Å². The molecule has 2 aromatic rings. The summed E-state index contributed by atoms with van der Waals surface area (Å²) >= 11 is 0. The van der Waals surface area contributed by atoms with Crippen LogP contribution in [0, 0.1) is 6.92 Å². The maximum absolute atomic E-state index is 12.4. The number of carbonyl (C=O) groups excluding carboxylic acids is 1. The van der Waals surface area contributed by atoms with Gasteiger partial charge in [-0.3, -0.25) is 14.5 Å². The van der Waals surface area contributed by atoms with E-state index in [4.69, 9.17) is 4.74 Å². The molecule has 0 saturated carbocycles. The van der Waals surface area contributed by atoms with E-state index >= 15 is 0 Å². The summed E-state index contributed by atoms with van der Waals surface area (Å²) in [5.41, 5.74) is 2.64. The zero-order chi connectivity index (χ0) is 18.4. The van der Waals surface area contributed by atoms with Gasteiger partial charge in [-0.25, -0.2) is 0 Å². The van der Waals surface area contributed by atoms with E-state index < -0.39 is 0 Å². The normalized spacial score (nSPS) is 15.0. The van der Waals surface area contributed by atoms with E-state index in [1.54, 1.807) is 16.8 Å². The van der Waals surface area contributed by atoms with Crippen LogP contribution in [-0.2, 0) is 17.8 Å². The summed E-state index contributed by atoms with van der Waals surface area (Å²) in [6, 6.07) is 11.1. The van der Waals surface area contributed by atoms with Crippen LogP contribution in [-0.4, -0.2) is 48.2 Å². The van der Waals surface area contributed by atoms with Crippen LogP contribution in [0.1, 0.15) is 21.5 Å². The molecule has 0 aliphatic carbocycles. The number of hydrogen-bond donors (Lipinski definition) is 1. The van der Waals surface area contributed by atoms with Crippen LogP contribution < -0.4 is 10.9 Å². The van der Waals surface area contributed by atoms with Crippen molar-refractivity contribution in [3.8, 4) is 0 Å². The number of amides is 1. The molecule has 1 aliphatic heterocycles. The van der Waals surface area contributed by atoms with Crippen molar-refractivity contribution in [3.05, 3.63) is 69.6 Å². The first kappa shape index (κ1) is 18.4. The van der Waals surface area contributed by atoms with Gasteiger partial charge < -0.3 is 14.6 Å². The van der Waals surface area contributed by atoms with Gasteiger partial charge in [0.15, 0.2) is 0 Å². The molecule has 2 heterocycles. The molecule has 1 fully saturated rings. The molecule has 0 unspecified atom stereocenters. The van der Waals surface area contributed by atoms with E-state index in [1.807, 2.05) is 31.2 Å². The SMILES string of the molecule is Cc1ccc(CNC(=O)c2ccc(=O)n(CCN3CCOCC3)c2)cc1. The number of aryl methyl sites for hydroxylation is 1. The molecular formula is C20H25N3O3. The Morgan fingerprint density at radius 1 is 1.08 bits per heavy atom. The Balaban J connectivity index is 1.59. The molecule has 1 saturated heterocycles. The lowest BCUT2D eigenvalue weighted by Gasteiger charge is -2.26. The highest BCUT2D eigenvalue weighted by atomic mass is 16.5. The van der Waals surface area contributed by atoms with Crippen LogP contribution in [0.4, 0.5) is 0 Å². The van der Waals surface area contributed by atoms with Crippen molar-refractivity contribution in [3.63, 3.8) is 0 Å². The lowest BCUT2D eigenvalue weighted by atomic mass is 10.1. The second kappa shape index (κ2) is 8.78. The second-order valence-corrected chi connectivity index (χ2v) is 6.57. The lowest BCUT2D eigenvalue weighted by Crippen LogP contribution is -2.39. The smallest absolute Gasteiger partial charge is 0.253 e. The van der Waals surface area contributed by atoms with Crippen molar-refractivity contribution in [2.45, 2.75) is 20.0 Å². The van der Waals surface area contributed by atoms with Crippen LogP contribution in [0.2, 0.25) is 0 Å². The topological polar surface area (TPSA) is 63.6 Å². The summed E-state index contributed by atoms with van der Waals surface area (Å²) in [6.45, 7) is 7.06. The molecule has 1 aromatic heterocycles. The highest BCUT2D eigenvalue weighted by Crippen LogP contribution is 2.04. The molecule has 6 heteroatoms. The first-order valence-corrected chi connectivity index (χ1v) is 8.96. The first-order chi connectivity index (χ1) is 12.6. The van der Waals surface area contributed by atoms with Crippen LogP contribution >= 0.6 is 0 Å². The number of benzene rings is 1. The number of aromatic nitrogens is 1. The van der Waals surface area contributed by atoms with E-state index in [0.717, 1.165) is 38.4 Å². The lowest BCUT2D eigenvalue weighted by molar-refractivity contribution is 0.0363. The molecule has 1 N–H and O–H groups in total. The van der Waals surface area contributed by atoms with Crippen LogP contribution in [0.25, 0.3) is 0 Å². The maximum atomic E-state index is 12.4. The Kier molecular flexibility index (Phi) is 6.20. The van der Waals surface area contributed by atoms with Crippen molar-refractivity contribution >= 4 is 5.91 Å². The monoisotopic (exact) mass is 355 g/mol. The highest BCUT2D eigenvalue weighted by Gasteiger charge is 2.11. The van der Waals surface area contributed by atoms with Gasteiger partial charge in [0, 0.05) is 45.0 Å². The van der Waals surface area contributed by atoms with Gasteiger partial charge in [0.25, 0.3) is 11.5 Å². The number of nitrogens with one attached hydrogen (secondary N) is 1. The van der Waals surface area contributed by atoms with Gasteiger partial charge in [0.05, 0.1) is 18.8 Å². The largest absolute Gasteiger partial charge is 0.379 e. The first-order valence-electron chi connectivity index (χ1n) is 8.96. The Hall–Kier alpha value is -2.44. The number of pyridine rings is 1. The summed E-state index contributed by atoms with van der Waals surface area (Å²) in [4.78, 5) is 26.7. The molecule has 1 aromatic carbocycles. The van der Waals surface area contributed by atoms with E-state index in [0.29, 0.717) is 18.7 Å². The van der Waals surface area contributed by atoms with Crippen molar-refractivity contribution < 1.29 is 9.53 Å². The number of ether oxygens (including phenoxy) is 1. The zero-order valence-corrected chi connectivity index (χ0v) is 15.1. The molecule has 3 rings (SSSR count). The fraction of sp³-hybridized carbons (Fsp3) is 0.400. The molecule has 6 nitrogen and oxygen atoms in total. The fourth-order valence-electron chi connectivity index (χ4n) is 2.90. The molecule has 26 heavy (non-hydrogen) atoms. The molecule has 1 aliphatic rings. The van der Waals surface area contributed by atoms with Crippen molar-refractivity contribution in [1.82, 2.24) is 14.8 Å². The van der Waals surface area contributed by atoms with E-state index in [-0.39, 0.29) is 11.5 Å². The molecule has 0 spiro atoms. The van der Waals surface area contributed by atoms with Crippen LogP contribution in [0.3, 0.4) is 0 Å². The number of carbonyl (C=O) groups is 1. The molecule has 138 valence electrons. The van der Waals surface area contributed by atoms with Gasteiger partial charge in [0.1, 0.15) is 0 Å². The molecule has 0 atom stereocenters. The van der Waals surface area contributed by atoms with Crippen molar-refractivity contribution in [2.24, 2.45) is 0 Å². The Morgan fingerprint density at radius 2 is 1.81 bits per heavy atom. The van der Waals surface area contributed by atoms with Crippen LogP contribution in [0.5, 0.6) is 0 Å². The van der Waals surface area contributed by atoms with Gasteiger partial charge >= 0.3 is 0 Å². The van der Waals surface area contributed by atoms with Crippen LogP contribution in [0.15, 0.2) is 47.4 Å². The maximum Gasteiger partial charge on any atom is 0.253 e. The molecule has 0 bridgehead atoms. The van der Waals surface area contributed by atoms with Crippen molar-refractivity contribution in [2.75, 3.05) is 32.8 Å². The summed E-state index contributed by atoms with van der Waals surface area (Å²) in [6.07, 6.45) is 1.65. The third-order valence-corrected chi connectivity index (χ3v) is 4.58. The zero-order valence-electron chi connectivity index (χ0n) is 15.1. The minimum Gasteiger partial charge on any atom is -0.379 e. The summed E-state index contributed by atoms with van der Waals surface area (Å²) in [5, 5.41) is 2.91. The summed E-state index contributed by atoms with van der Waals surface area (Å²) < 4.78 is 6.94. The number of rotatable bonds is 6. The average molecular weight is 355 g/mol. The van der Waals surface area contributed by atoms with E-state index in [9.17, 15) is 9.59 Å². The Bertz CT molecular complexity index is 793.